The standard InChI is InChI=1S/C36H37FNO6.C32H38FNO6.C30H29FNO3.C6H8O3.2Y/c1-4-26-20-31(27-14-16-28(37)17-15-27)33(44-24-25-10-6-5-7-11-25)22-32(26)43-19-9-18-42-30-13-8-12-29(21-30)38-34(39)23-36(2,3)35(40)41;1-5-9-24-26(34-30(36)20-32(3,4)31(37)38)10-7-11-28(24)39-16-8-17-40-29-19-27(35)25(18-21(29)6-2)22-12-14-23(33)15-13-22;1-2-23-18-28(24-12-14-25(31)15-13-24)30(35-21-22-8-4-3-5-9-22)20-29(23)34-17-7-16-33-27-11-6-10-26(32)19-27;1-6(2)3-4(7)9-5(6)8;;/h5-8,10-17,20,22H,4,9,18-19,23-24H2,1-3H3,(H,38,39)(H,40,41);7,10-15,18-19,35H,5-6,8-9,16-17,20H2,1-4H3,(H,34,36)(H,37,38);3-6,8-15,18,20H,2,7,16-17,21,32H2,1H3;3H2,1-2H3;;/q-1;;-1;;;. The number of ether oxygens (including phenoxy) is 9. The Labute approximate surface area is 809 Å². The van der Waals surface area contributed by atoms with Crippen LogP contribution < -0.4 is 54.3 Å². The van der Waals surface area contributed by atoms with E-state index in [4.69, 9.17) is 43.6 Å². The fourth-order valence-electron chi connectivity index (χ4n) is 13.1. The quantitative estimate of drug-likeness (QED) is 0.00684. The smallest absolute Gasteiger partial charge is 0.319 e. The fraction of sp³-hybridized carbons (Fsp3) is 0.308. The van der Waals surface area contributed by atoms with E-state index in [1.807, 2.05) is 117 Å². The van der Waals surface area contributed by atoms with Gasteiger partial charge >= 0.3 is 23.9 Å². The Hall–Kier alpha value is -11.6. The predicted octanol–water partition coefficient (Wildman–Crippen LogP) is 22.1. The summed E-state index contributed by atoms with van der Waals surface area (Å²) in [5.74, 6) is 0.639. The second kappa shape index (κ2) is 52.3. The Morgan fingerprint density at radius 2 is 0.846 bits per heavy atom. The van der Waals surface area contributed by atoms with Crippen molar-refractivity contribution in [3.05, 3.63) is 287 Å². The van der Waals surface area contributed by atoms with Crippen molar-refractivity contribution in [1.82, 2.24) is 0 Å². The summed E-state index contributed by atoms with van der Waals surface area (Å²) in [6, 6.07) is 72.0. The molecule has 130 heavy (non-hydrogen) atoms. The van der Waals surface area contributed by atoms with Crippen molar-refractivity contribution in [3.63, 3.8) is 0 Å². The molecule has 1 heterocycles. The van der Waals surface area contributed by atoms with Crippen molar-refractivity contribution in [2.45, 2.75) is 153 Å². The van der Waals surface area contributed by atoms with Gasteiger partial charge in [0.05, 0.1) is 62.3 Å². The number of nitrogens with one attached hydrogen (secondary N) is 2. The zero-order valence-electron chi connectivity index (χ0n) is 75.1. The zero-order valence-corrected chi connectivity index (χ0v) is 80.8. The molecule has 7 N–H and O–H groups in total. The largest absolute Gasteiger partial charge is 0.519 e. The van der Waals surface area contributed by atoms with Crippen LogP contribution in [0.25, 0.3) is 33.4 Å². The van der Waals surface area contributed by atoms with Gasteiger partial charge in [-0.1, -0.05) is 149 Å². The van der Waals surface area contributed by atoms with E-state index in [-0.39, 0.29) is 114 Å². The molecule has 0 saturated carbocycles. The van der Waals surface area contributed by atoms with E-state index in [1.165, 1.54) is 64.1 Å². The number of hydrogen-bond acceptors (Lipinski definition) is 17. The maximum absolute atomic E-state index is 13.6. The van der Waals surface area contributed by atoms with Crippen molar-refractivity contribution in [3.8, 4) is 85.1 Å². The number of amides is 2. The molecular formula is C104H112F3N3O18Y2-2. The van der Waals surface area contributed by atoms with Crippen LogP contribution in [-0.4, -0.2) is 90.7 Å². The van der Waals surface area contributed by atoms with Gasteiger partial charge in [-0.05, 0) is 178 Å². The van der Waals surface area contributed by atoms with Crippen LogP contribution in [0.5, 0.6) is 51.7 Å². The van der Waals surface area contributed by atoms with Crippen LogP contribution in [0.3, 0.4) is 0 Å². The minimum atomic E-state index is -1.17. The van der Waals surface area contributed by atoms with Crippen LogP contribution in [-0.2, 0) is 138 Å². The number of phenolic OH excluding ortho intramolecular Hbond substituents is 1. The second-order valence-corrected chi connectivity index (χ2v) is 32.3. The molecule has 0 bridgehead atoms. The van der Waals surface area contributed by atoms with E-state index in [1.54, 1.807) is 92.7 Å². The molecule has 1 aliphatic heterocycles. The summed E-state index contributed by atoms with van der Waals surface area (Å²) >= 11 is 0. The zero-order chi connectivity index (χ0) is 92.3. The number of aliphatic carboxylic acids is 2. The van der Waals surface area contributed by atoms with Crippen LogP contribution in [0.1, 0.15) is 148 Å². The molecule has 680 valence electrons. The minimum Gasteiger partial charge on any atom is -0.519 e. The summed E-state index contributed by atoms with van der Waals surface area (Å²) in [6.45, 7) is 20.9. The summed E-state index contributed by atoms with van der Waals surface area (Å²) in [5, 5.41) is 34.7. The van der Waals surface area contributed by atoms with Crippen LogP contribution in [0.4, 0.5) is 30.2 Å². The van der Waals surface area contributed by atoms with Crippen molar-refractivity contribution in [2.24, 2.45) is 16.2 Å². The molecule has 0 spiro atoms. The minimum absolute atomic E-state index is 0. The Morgan fingerprint density at radius 1 is 0.454 bits per heavy atom. The van der Waals surface area contributed by atoms with Crippen LogP contribution in [0, 0.1) is 45.8 Å². The van der Waals surface area contributed by atoms with Crippen molar-refractivity contribution in [1.29, 1.82) is 0 Å². The topological polar surface area (TPSA) is 296 Å². The number of cyclic esters (lactones) is 2. The van der Waals surface area contributed by atoms with E-state index in [9.17, 15) is 57.3 Å². The number of carboxylic acids is 2. The molecule has 0 aliphatic carbocycles. The van der Waals surface area contributed by atoms with Gasteiger partial charge < -0.3 is 74.3 Å². The summed E-state index contributed by atoms with van der Waals surface area (Å²) in [6.07, 6.45) is 5.51. The summed E-state index contributed by atoms with van der Waals surface area (Å²) in [5.41, 5.74) is 15.2. The van der Waals surface area contributed by atoms with E-state index in [0.29, 0.717) is 148 Å². The molecular weight excluding hydrogens is 1810 g/mol. The van der Waals surface area contributed by atoms with Gasteiger partial charge in [0.1, 0.15) is 70.9 Å². The van der Waals surface area contributed by atoms with Gasteiger partial charge in [-0.3, -0.25) is 28.8 Å². The first-order valence-corrected chi connectivity index (χ1v) is 42.7. The number of hydrogen-bond donors (Lipinski definition) is 6. The third-order valence-corrected chi connectivity index (χ3v) is 20.4. The molecule has 2 radical (unpaired) electrons. The number of anilines is 3. The van der Waals surface area contributed by atoms with Gasteiger partial charge in [-0.15, -0.1) is 36.4 Å². The maximum atomic E-state index is 13.6. The molecule has 21 nitrogen and oxygen atoms in total. The SMILES string of the molecule is CC1(C)CC(=O)OC1=O.CCCc1c(NC(=O)CC(C)(C)C(=O)O)cccc1OCCCOc1cc(O)c(-c2ccc(F)cc2)cc1CC.CCc1cc(-c2ccc(F)cc2)c(OCc2ccccc2)cc1OCCCOc1[c-]c(N)ccc1.CCc1cc(-c2ccc(F)cc2)c(OCc2ccccc2)cc1OCCCOc1[c-]c(NC(=O)CC(C)(C)C(=O)O)ccc1.[Y].[Y]. The van der Waals surface area contributed by atoms with E-state index in [2.05, 4.69) is 47.4 Å². The van der Waals surface area contributed by atoms with Gasteiger partial charge in [-0.25, -0.2) is 13.2 Å². The number of nitrogen functional groups attached to an aromatic ring is 1. The number of benzene rings is 11. The van der Waals surface area contributed by atoms with E-state index in [0.717, 1.165) is 86.2 Å². The van der Waals surface area contributed by atoms with Crippen molar-refractivity contribution >= 4 is 52.8 Å². The van der Waals surface area contributed by atoms with Crippen molar-refractivity contribution in [2.75, 3.05) is 56.0 Å². The Kier molecular flexibility index (Phi) is 42.5. The average molecular weight is 1930 g/mol. The Balaban J connectivity index is 0.000000253. The third kappa shape index (κ3) is 33.1. The second-order valence-electron chi connectivity index (χ2n) is 32.3. The van der Waals surface area contributed by atoms with Gasteiger partial charge in [-0.2, -0.15) is 12.1 Å². The van der Waals surface area contributed by atoms with E-state index < -0.39 is 46.0 Å². The molecule has 0 atom stereocenters. The molecule has 12 rings (SSSR count). The first kappa shape index (κ1) is 105. The van der Waals surface area contributed by atoms with Gasteiger partial charge in [0, 0.05) is 155 Å². The molecule has 2 amide bonds. The number of nitrogens with two attached hydrogens (primary N) is 1. The maximum Gasteiger partial charge on any atom is 0.319 e. The molecule has 1 saturated heterocycles. The molecule has 1 aliphatic rings. The van der Waals surface area contributed by atoms with Crippen LogP contribution in [0.2, 0.25) is 0 Å². The first-order chi connectivity index (χ1) is 61.3. The molecule has 11 aromatic carbocycles. The normalized spacial score (nSPS) is 11.8. The number of carbonyl (C=O) groups is 6. The Morgan fingerprint density at radius 3 is 1.25 bits per heavy atom. The molecule has 0 aromatic heterocycles. The van der Waals surface area contributed by atoms with E-state index >= 15 is 0 Å². The first-order valence-electron chi connectivity index (χ1n) is 42.7. The number of halogens is 3. The summed E-state index contributed by atoms with van der Waals surface area (Å²) in [4.78, 5) is 68.7. The van der Waals surface area contributed by atoms with Gasteiger partial charge in [0.25, 0.3) is 0 Å². The van der Waals surface area contributed by atoms with Crippen LogP contribution >= 0.6 is 0 Å². The summed E-state index contributed by atoms with van der Waals surface area (Å²) < 4.78 is 93.1. The molecule has 1 fully saturated rings. The predicted molar refractivity (Wildman–Crippen MR) is 488 cm³/mol. The third-order valence-electron chi connectivity index (χ3n) is 20.4. The number of phenols is 1. The molecule has 0 unspecified atom stereocenters. The molecule has 26 heteroatoms. The fourth-order valence-corrected chi connectivity index (χ4v) is 13.1. The number of carbonyl (C=O) groups excluding carboxylic acids is 4. The number of aryl methyl sites for hydroxylation is 3. The van der Waals surface area contributed by atoms with Crippen LogP contribution in [0.15, 0.2) is 224 Å². The monoisotopic (exact) mass is 1930 g/mol. The average Bonchev–Trinajstić information content (AvgIpc) is 1.04. The number of aromatic hydroxyl groups is 1. The number of carboxylic acid groups (broad SMARTS) is 2. The summed E-state index contributed by atoms with van der Waals surface area (Å²) in [7, 11) is 0. The number of esters is 2. The molecule has 11 aromatic rings. The van der Waals surface area contributed by atoms with Crippen molar-refractivity contribution < 1.29 is 165 Å². The Bertz CT molecular complexity index is 5510. The van der Waals surface area contributed by atoms with Gasteiger partial charge in [0.2, 0.25) is 11.8 Å². The number of rotatable bonds is 40. The van der Waals surface area contributed by atoms with Gasteiger partial charge in [0.15, 0.2) is 0 Å².